The lowest BCUT2D eigenvalue weighted by Gasteiger charge is -2.26. The Morgan fingerprint density at radius 1 is 0.979 bits per heavy atom. The van der Waals surface area contributed by atoms with E-state index in [0.29, 0.717) is 43.0 Å². The van der Waals surface area contributed by atoms with Gasteiger partial charge in [0.1, 0.15) is 18.1 Å². The number of carbonyl (C=O) groups excluding carboxylic acids is 1. The van der Waals surface area contributed by atoms with E-state index >= 15 is 0 Å². The van der Waals surface area contributed by atoms with Crippen molar-refractivity contribution < 1.29 is 19.0 Å². The van der Waals surface area contributed by atoms with Crippen molar-refractivity contribution in [2.45, 2.75) is 19.6 Å². The molecular formula is C36H26Cl2I2N2O5S. The Labute approximate surface area is 317 Å². The second-order valence-electron chi connectivity index (χ2n) is 10.6. The third-order valence-electron chi connectivity index (χ3n) is 7.49. The molecule has 244 valence electrons. The van der Waals surface area contributed by atoms with E-state index in [1.807, 2.05) is 78.9 Å². The maximum atomic E-state index is 14.3. The highest BCUT2D eigenvalue weighted by Crippen LogP contribution is 2.36. The highest BCUT2D eigenvalue weighted by atomic mass is 127. The Bertz CT molecular complexity index is 2210. The monoisotopic (exact) mass is 922 g/mol. The summed E-state index contributed by atoms with van der Waals surface area (Å²) < 4.78 is 20.9. The average molecular weight is 923 g/mol. The number of hydrogen-bond acceptors (Lipinski definition) is 7. The first kappa shape index (κ1) is 34.7. The maximum absolute atomic E-state index is 14.3. The third kappa shape index (κ3) is 7.23. The largest absolute Gasteiger partial charge is 0.497 e. The van der Waals surface area contributed by atoms with Crippen molar-refractivity contribution in [1.82, 2.24) is 4.57 Å². The molecule has 0 spiro atoms. The molecule has 0 fully saturated rings. The minimum Gasteiger partial charge on any atom is -0.497 e. The molecule has 0 aliphatic carbocycles. The quantitative estimate of drug-likeness (QED) is 0.111. The number of nitrogens with zero attached hydrogens (tertiary/aromatic N) is 2. The van der Waals surface area contributed by atoms with Crippen molar-refractivity contribution in [3.63, 3.8) is 0 Å². The molecule has 5 aromatic rings. The Hall–Kier alpha value is -3.17. The first-order chi connectivity index (χ1) is 23.2. The molecule has 2 heterocycles. The Balaban J connectivity index is 1.46. The highest BCUT2D eigenvalue weighted by molar-refractivity contribution is 14.1. The van der Waals surface area contributed by atoms with Gasteiger partial charge in [0.05, 0.1) is 52.7 Å². The van der Waals surface area contributed by atoms with Gasteiger partial charge in [-0.2, -0.15) is 0 Å². The van der Waals surface area contributed by atoms with Crippen LogP contribution in [0.3, 0.4) is 0 Å². The first-order valence-electron chi connectivity index (χ1n) is 14.7. The van der Waals surface area contributed by atoms with Crippen LogP contribution < -0.4 is 24.4 Å². The molecule has 0 amide bonds. The molecule has 7 nitrogen and oxygen atoms in total. The Morgan fingerprint density at radius 3 is 2.33 bits per heavy atom. The summed E-state index contributed by atoms with van der Waals surface area (Å²) in [6, 6.07) is 25.4. The lowest BCUT2D eigenvalue weighted by Crippen LogP contribution is -2.40. The van der Waals surface area contributed by atoms with E-state index in [1.165, 1.54) is 11.3 Å². The van der Waals surface area contributed by atoms with Crippen LogP contribution in [0.4, 0.5) is 0 Å². The standard InChI is InChI=1S/C36H26Cl2I2N2O5S/c1-3-46-35(44)30-31(22-7-5-4-6-8-22)41-36-42(32(30)23-10-12-24(45-2)13-11-23)34(43)29(48-36)18-21-16-27(39)33(28(40)17-21)47-19-20-9-14-25(37)26(38)15-20/h4-18,32H,3,19H2,1-2H3/b29-18-/t32-/m0/s1. The number of methoxy groups -OCH3 is 1. The van der Waals surface area contributed by atoms with Crippen molar-refractivity contribution in [2.24, 2.45) is 4.99 Å². The maximum Gasteiger partial charge on any atom is 0.338 e. The predicted octanol–water partition coefficient (Wildman–Crippen LogP) is 8.04. The van der Waals surface area contributed by atoms with Gasteiger partial charge in [0, 0.05) is 5.56 Å². The number of carbonyl (C=O) groups is 1. The molecule has 4 aromatic carbocycles. The Kier molecular flexibility index (Phi) is 11.0. The third-order valence-corrected chi connectivity index (χ3v) is 10.8. The smallest absolute Gasteiger partial charge is 0.338 e. The summed E-state index contributed by atoms with van der Waals surface area (Å²) in [6.07, 6.45) is 1.85. The van der Waals surface area contributed by atoms with E-state index in [-0.39, 0.29) is 12.2 Å². The number of rotatable bonds is 9. The van der Waals surface area contributed by atoms with Gasteiger partial charge in [-0.3, -0.25) is 9.36 Å². The molecule has 0 bridgehead atoms. The fourth-order valence-corrected chi connectivity index (χ4v) is 8.73. The molecule has 48 heavy (non-hydrogen) atoms. The van der Waals surface area contributed by atoms with E-state index in [4.69, 9.17) is 42.4 Å². The van der Waals surface area contributed by atoms with Crippen LogP contribution in [0.25, 0.3) is 11.8 Å². The van der Waals surface area contributed by atoms with Crippen LogP contribution in [-0.4, -0.2) is 24.3 Å². The van der Waals surface area contributed by atoms with E-state index in [0.717, 1.165) is 35.1 Å². The van der Waals surface area contributed by atoms with Gasteiger partial charge in [0.2, 0.25) is 0 Å². The number of halogens is 4. The molecule has 0 saturated carbocycles. The fraction of sp³-hybridized carbons (Fsp3) is 0.139. The number of benzene rings is 4. The van der Waals surface area contributed by atoms with Crippen LogP contribution in [0.2, 0.25) is 10.0 Å². The minimum atomic E-state index is -0.777. The number of hydrogen-bond donors (Lipinski definition) is 0. The van der Waals surface area contributed by atoms with Gasteiger partial charge in [-0.05, 0) is 111 Å². The highest BCUT2D eigenvalue weighted by Gasteiger charge is 2.35. The van der Waals surface area contributed by atoms with Gasteiger partial charge in [0.15, 0.2) is 4.80 Å². The van der Waals surface area contributed by atoms with E-state index < -0.39 is 12.0 Å². The summed E-state index contributed by atoms with van der Waals surface area (Å²) in [5.74, 6) is 0.854. The Morgan fingerprint density at radius 2 is 1.69 bits per heavy atom. The number of esters is 1. The van der Waals surface area contributed by atoms with Gasteiger partial charge in [0.25, 0.3) is 5.56 Å². The van der Waals surface area contributed by atoms with Gasteiger partial charge in [-0.25, -0.2) is 9.79 Å². The number of thiazole rings is 1. The van der Waals surface area contributed by atoms with Crippen LogP contribution in [0.15, 0.2) is 100 Å². The molecule has 0 N–H and O–H groups in total. The van der Waals surface area contributed by atoms with Crippen LogP contribution in [-0.2, 0) is 16.1 Å². The van der Waals surface area contributed by atoms with E-state index in [1.54, 1.807) is 30.7 Å². The molecule has 0 radical (unpaired) electrons. The molecule has 0 unspecified atom stereocenters. The zero-order chi connectivity index (χ0) is 33.9. The molecule has 6 rings (SSSR count). The van der Waals surface area contributed by atoms with Crippen molar-refractivity contribution in [2.75, 3.05) is 13.7 Å². The van der Waals surface area contributed by atoms with Gasteiger partial charge in [-0.1, -0.05) is 83.1 Å². The van der Waals surface area contributed by atoms with Crippen LogP contribution in [0, 0.1) is 7.14 Å². The number of aromatic nitrogens is 1. The summed E-state index contributed by atoms with van der Waals surface area (Å²) in [5.41, 5.74) is 3.68. The first-order valence-corrected chi connectivity index (χ1v) is 18.4. The number of fused-ring (bicyclic) bond motifs is 1. The van der Waals surface area contributed by atoms with Crippen LogP contribution in [0.1, 0.15) is 35.2 Å². The molecule has 1 aromatic heterocycles. The number of ether oxygens (including phenoxy) is 3. The van der Waals surface area contributed by atoms with Gasteiger partial charge in [-0.15, -0.1) is 0 Å². The van der Waals surface area contributed by atoms with Crippen molar-refractivity contribution in [1.29, 1.82) is 0 Å². The van der Waals surface area contributed by atoms with Crippen molar-refractivity contribution in [3.8, 4) is 11.5 Å². The topological polar surface area (TPSA) is 79.1 Å². The SMILES string of the molecule is CCOC(=O)C1=C(c2ccccc2)N=c2s/c(=C\c3cc(I)c(OCc4ccc(Cl)c(Cl)c4)c(I)c3)c(=O)n2[C@H]1c1ccc(OC)cc1. The second kappa shape index (κ2) is 15.2. The summed E-state index contributed by atoms with van der Waals surface area (Å²) in [4.78, 5) is 33.4. The summed E-state index contributed by atoms with van der Waals surface area (Å²) in [5, 5.41) is 0.960. The summed E-state index contributed by atoms with van der Waals surface area (Å²) in [7, 11) is 1.59. The van der Waals surface area contributed by atoms with Crippen LogP contribution in [0.5, 0.6) is 11.5 Å². The molecule has 1 aliphatic heterocycles. The van der Waals surface area contributed by atoms with Crippen molar-refractivity contribution in [3.05, 3.63) is 150 Å². The lowest BCUT2D eigenvalue weighted by molar-refractivity contribution is -0.138. The summed E-state index contributed by atoms with van der Waals surface area (Å²) >= 11 is 18.0. The van der Waals surface area contributed by atoms with Crippen molar-refractivity contribution >= 4 is 97.5 Å². The molecule has 1 atom stereocenters. The average Bonchev–Trinajstić information content (AvgIpc) is 3.39. The molecular weight excluding hydrogens is 897 g/mol. The summed E-state index contributed by atoms with van der Waals surface area (Å²) in [6.45, 7) is 2.25. The second-order valence-corrected chi connectivity index (χ2v) is 14.7. The normalized spacial score (nSPS) is 14.4. The zero-order valence-corrected chi connectivity index (χ0v) is 32.2. The fourth-order valence-electron chi connectivity index (χ4n) is 5.28. The zero-order valence-electron chi connectivity index (χ0n) is 25.5. The van der Waals surface area contributed by atoms with Gasteiger partial charge < -0.3 is 14.2 Å². The van der Waals surface area contributed by atoms with Gasteiger partial charge >= 0.3 is 5.97 Å². The lowest BCUT2D eigenvalue weighted by atomic mass is 9.93. The van der Waals surface area contributed by atoms with E-state index in [9.17, 15) is 9.59 Å². The predicted molar refractivity (Wildman–Crippen MR) is 207 cm³/mol. The molecule has 0 saturated heterocycles. The van der Waals surface area contributed by atoms with E-state index in [2.05, 4.69) is 45.2 Å². The minimum absolute atomic E-state index is 0.175. The van der Waals surface area contributed by atoms with Crippen LogP contribution >= 0.6 is 79.7 Å². The molecule has 1 aliphatic rings. The molecule has 12 heteroatoms.